The van der Waals surface area contributed by atoms with Crippen molar-refractivity contribution >= 4 is 0 Å². The number of halogens is 3. The topological polar surface area (TPSA) is 81.9 Å². The van der Waals surface area contributed by atoms with E-state index in [0.717, 1.165) is 43.7 Å². The molecule has 176 valence electrons. The molecule has 4 rings (SSSR count). The van der Waals surface area contributed by atoms with Crippen LogP contribution in [0.25, 0.3) is 11.1 Å². The zero-order valence-electron chi connectivity index (χ0n) is 18.6. The van der Waals surface area contributed by atoms with Gasteiger partial charge in [-0.15, -0.1) is 0 Å². The summed E-state index contributed by atoms with van der Waals surface area (Å²) < 4.78 is 48.7. The Morgan fingerprint density at radius 1 is 1.06 bits per heavy atom. The fourth-order valence-electron chi connectivity index (χ4n) is 3.63. The Labute approximate surface area is 192 Å². The third-order valence-electron chi connectivity index (χ3n) is 5.46. The Morgan fingerprint density at radius 3 is 2.44 bits per heavy atom. The normalized spacial score (nSPS) is 11.6. The van der Waals surface area contributed by atoms with Crippen LogP contribution in [-0.4, -0.2) is 19.3 Å². The average molecular weight is 470 g/mol. The maximum absolute atomic E-state index is 13.7. The lowest BCUT2D eigenvalue weighted by molar-refractivity contribution is -0.138. The third-order valence-corrected chi connectivity index (χ3v) is 5.46. The average Bonchev–Trinajstić information content (AvgIpc) is 3.08. The Morgan fingerprint density at radius 2 is 1.82 bits per heavy atom. The largest absolute Gasteiger partial charge is 0.451 e. The second-order valence-corrected chi connectivity index (χ2v) is 7.94. The number of aromatic nitrogens is 4. The summed E-state index contributed by atoms with van der Waals surface area (Å²) in [5.41, 5.74) is 1.03. The first kappa shape index (κ1) is 23.1. The maximum Gasteiger partial charge on any atom is 0.420 e. The van der Waals surface area contributed by atoms with Crippen molar-refractivity contribution in [2.75, 3.05) is 0 Å². The van der Waals surface area contributed by atoms with Crippen molar-refractivity contribution in [1.82, 2.24) is 19.3 Å². The summed E-state index contributed by atoms with van der Waals surface area (Å²) >= 11 is 0. The summed E-state index contributed by atoms with van der Waals surface area (Å²) in [5.74, 6) is -0.573. The van der Waals surface area contributed by atoms with Crippen LogP contribution in [0.15, 0.2) is 64.3 Å². The predicted molar refractivity (Wildman–Crippen MR) is 120 cm³/mol. The number of aromatic amines is 1. The number of nitrogens with one attached hydrogen (secondary N) is 1. The lowest BCUT2D eigenvalue weighted by atomic mass is 9.99. The molecule has 4 aromatic rings. The molecule has 10 heteroatoms. The van der Waals surface area contributed by atoms with Gasteiger partial charge in [-0.1, -0.05) is 35.9 Å². The highest BCUT2D eigenvalue weighted by Crippen LogP contribution is 2.37. The molecular weight excluding hydrogens is 449 g/mol. The summed E-state index contributed by atoms with van der Waals surface area (Å²) in [4.78, 5) is 24.6. The molecule has 0 saturated carbocycles. The van der Waals surface area contributed by atoms with Crippen molar-refractivity contribution in [2.45, 2.75) is 26.6 Å². The molecule has 2 aromatic carbocycles. The number of aryl methyl sites for hydroxylation is 2. The van der Waals surface area contributed by atoms with Gasteiger partial charge in [-0.05, 0) is 48.7 Å². The highest BCUT2D eigenvalue weighted by Gasteiger charge is 2.36. The van der Waals surface area contributed by atoms with E-state index in [1.807, 2.05) is 38.1 Å². The van der Waals surface area contributed by atoms with Crippen molar-refractivity contribution < 1.29 is 17.9 Å². The predicted octanol–water partition coefficient (Wildman–Crippen LogP) is 4.41. The molecule has 0 fully saturated rings. The second-order valence-electron chi connectivity index (χ2n) is 7.94. The van der Waals surface area contributed by atoms with Gasteiger partial charge in [0.2, 0.25) is 5.75 Å². The minimum atomic E-state index is -4.80. The van der Waals surface area contributed by atoms with Crippen LogP contribution in [0.4, 0.5) is 13.2 Å². The van der Waals surface area contributed by atoms with Gasteiger partial charge in [-0.2, -0.15) is 18.3 Å². The lowest BCUT2D eigenvalue weighted by Crippen LogP contribution is -2.26. The van der Waals surface area contributed by atoms with Crippen molar-refractivity contribution in [3.63, 3.8) is 0 Å². The first-order valence-electron chi connectivity index (χ1n) is 10.3. The van der Waals surface area contributed by atoms with Crippen molar-refractivity contribution in [3.8, 4) is 22.6 Å². The Hall–Kier alpha value is -4.08. The van der Waals surface area contributed by atoms with Gasteiger partial charge in [-0.3, -0.25) is 9.36 Å². The van der Waals surface area contributed by atoms with E-state index in [9.17, 15) is 22.8 Å². The van der Waals surface area contributed by atoms with Gasteiger partial charge in [0.15, 0.2) is 5.82 Å². The Bertz CT molecular complexity index is 1480. The summed E-state index contributed by atoms with van der Waals surface area (Å²) in [7, 11) is 1.44. The van der Waals surface area contributed by atoms with Crippen molar-refractivity contribution in [1.29, 1.82) is 0 Å². The number of pyridine rings is 1. The molecule has 0 amide bonds. The summed E-state index contributed by atoms with van der Waals surface area (Å²) in [6.07, 6.45) is -3.80. The number of rotatable bonds is 5. The molecular formula is C24H21F3N4O3. The number of benzene rings is 2. The quantitative estimate of drug-likeness (QED) is 0.468. The van der Waals surface area contributed by atoms with Crippen LogP contribution in [0.5, 0.6) is 11.5 Å². The smallest absolute Gasteiger partial charge is 0.420 e. The standard InChI is InChI=1S/C24H21F3N4O3/c1-14-5-4-6-16(11-14)18-8-7-17(12-15(18)2)34-21-19(24(25,26)27)9-10-31(22(21)32)13-20-28-29-23(33)30(20)3/h4-12H,13H2,1-3H3,(H,29,33). The fourth-order valence-corrected chi connectivity index (χ4v) is 3.63. The van der Waals surface area contributed by atoms with Crippen LogP contribution >= 0.6 is 0 Å². The molecule has 0 atom stereocenters. The molecule has 0 radical (unpaired) electrons. The van der Waals surface area contributed by atoms with Crippen LogP contribution < -0.4 is 16.0 Å². The van der Waals surface area contributed by atoms with Gasteiger partial charge < -0.3 is 9.30 Å². The molecule has 0 unspecified atom stereocenters. The van der Waals surface area contributed by atoms with Crippen molar-refractivity contribution in [3.05, 3.63) is 98.1 Å². The van der Waals surface area contributed by atoms with Crippen LogP contribution in [0.1, 0.15) is 22.5 Å². The molecule has 0 spiro atoms. The fraction of sp³-hybridized carbons (Fsp3) is 0.208. The zero-order chi connectivity index (χ0) is 24.6. The summed E-state index contributed by atoms with van der Waals surface area (Å²) in [6, 6.07) is 13.5. The van der Waals surface area contributed by atoms with Gasteiger partial charge in [0.05, 0.1) is 6.54 Å². The van der Waals surface area contributed by atoms with E-state index in [1.165, 1.54) is 13.1 Å². The molecule has 34 heavy (non-hydrogen) atoms. The summed E-state index contributed by atoms with van der Waals surface area (Å²) in [5, 5.41) is 6.02. The number of nitrogens with zero attached hydrogens (tertiary/aromatic N) is 3. The third kappa shape index (κ3) is 4.52. The van der Waals surface area contributed by atoms with Crippen LogP contribution in [0.3, 0.4) is 0 Å². The minimum Gasteiger partial charge on any atom is -0.451 e. The second kappa shape index (κ2) is 8.69. The molecule has 0 aliphatic rings. The number of hydrogen-bond acceptors (Lipinski definition) is 4. The molecule has 0 aliphatic heterocycles. The van der Waals surface area contributed by atoms with Crippen LogP contribution in [-0.2, 0) is 19.8 Å². The Balaban J connectivity index is 1.74. The number of H-pyrrole nitrogens is 1. The van der Waals surface area contributed by atoms with Gasteiger partial charge in [0.25, 0.3) is 5.56 Å². The molecule has 0 saturated heterocycles. The lowest BCUT2D eigenvalue weighted by Gasteiger charge is -2.16. The zero-order valence-corrected chi connectivity index (χ0v) is 18.6. The van der Waals surface area contributed by atoms with Gasteiger partial charge in [0.1, 0.15) is 11.3 Å². The molecule has 0 bridgehead atoms. The SMILES string of the molecule is Cc1cccc(-c2ccc(Oc3c(C(F)(F)F)ccn(Cc4n[nH]c(=O)n4C)c3=O)cc2C)c1. The van der Waals surface area contributed by atoms with Crippen LogP contribution in [0.2, 0.25) is 0 Å². The maximum atomic E-state index is 13.7. The van der Waals surface area contributed by atoms with E-state index in [-0.39, 0.29) is 18.1 Å². The highest BCUT2D eigenvalue weighted by atomic mass is 19.4. The first-order valence-corrected chi connectivity index (χ1v) is 10.3. The first-order chi connectivity index (χ1) is 16.0. The molecule has 2 heterocycles. The van der Waals surface area contributed by atoms with E-state index in [1.54, 1.807) is 12.1 Å². The van der Waals surface area contributed by atoms with Crippen LogP contribution in [0, 0.1) is 13.8 Å². The Kier molecular flexibility index (Phi) is 5.90. The van der Waals surface area contributed by atoms with E-state index in [0.29, 0.717) is 0 Å². The van der Waals surface area contributed by atoms with Gasteiger partial charge in [0, 0.05) is 13.2 Å². The van der Waals surface area contributed by atoms with Crippen molar-refractivity contribution in [2.24, 2.45) is 7.05 Å². The molecule has 1 N–H and O–H groups in total. The van der Waals surface area contributed by atoms with E-state index >= 15 is 0 Å². The van der Waals surface area contributed by atoms with E-state index < -0.39 is 28.7 Å². The molecule has 7 nitrogen and oxygen atoms in total. The number of ether oxygens (including phenoxy) is 1. The number of alkyl halides is 3. The minimum absolute atomic E-state index is 0.0985. The van der Waals surface area contributed by atoms with Gasteiger partial charge in [-0.25, -0.2) is 9.89 Å². The highest BCUT2D eigenvalue weighted by molar-refractivity contribution is 5.68. The summed E-state index contributed by atoms with van der Waals surface area (Å²) in [6.45, 7) is 3.57. The van der Waals surface area contributed by atoms with E-state index in [4.69, 9.17) is 4.74 Å². The molecule has 2 aromatic heterocycles. The number of hydrogen-bond donors (Lipinski definition) is 1. The van der Waals surface area contributed by atoms with Gasteiger partial charge >= 0.3 is 11.9 Å². The van der Waals surface area contributed by atoms with E-state index in [2.05, 4.69) is 10.2 Å². The molecule has 0 aliphatic carbocycles. The monoisotopic (exact) mass is 470 g/mol.